The lowest BCUT2D eigenvalue weighted by molar-refractivity contribution is -0.129. The lowest BCUT2D eigenvalue weighted by Gasteiger charge is -2.40. The Labute approximate surface area is 142 Å². The van der Waals surface area contributed by atoms with Gasteiger partial charge in [-0.1, -0.05) is 36.2 Å². The lowest BCUT2D eigenvalue weighted by atomic mass is 9.64. The Hall–Kier alpha value is -1.87. The normalized spacial score (nSPS) is 15.7. The van der Waals surface area contributed by atoms with Crippen LogP contribution in [0.4, 0.5) is 0 Å². The zero-order valence-electron chi connectivity index (χ0n) is 13.1. The van der Waals surface area contributed by atoms with Crippen LogP contribution in [0.1, 0.15) is 36.8 Å². The van der Waals surface area contributed by atoms with Crippen molar-refractivity contribution in [3.05, 3.63) is 64.9 Å². The predicted molar refractivity (Wildman–Crippen MR) is 92.5 cm³/mol. The SMILES string of the molecule is O=C(NCCCc1cccnc1)C1(c2ccc(Cl)cc2)CCC1. The maximum Gasteiger partial charge on any atom is 0.230 e. The monoisotopic (exact) mass is 328 g/mol. The molecular formula is C19H21ClN2O. The Morgan fingerprint density at radius 3 is 2.61 bits per heavy atom. The number of pyridine rings is 1. The fraction of sp³-hybridized carbons (Fsp3) is 0.368. The third kappa shape index (κ3) is 3.56. The predicted octanol–water partition coefficient (Wildman–Crippen LogP) is 3.91. The van der Waals surface area contributed by atoms with Crippen molar-refractivity contribution in [3.8, 4) is 0 Å². The van der Waals surface area contributed by atoms with Gasteiger partial charge in [-0.3, -0.25) is 9.78 Å². The maximum absolute atomic E-state index is 12.7. The van der Waals surface area contributed by atoms with Crippen LogP contribution in [0.3, 0.4) is 0 Å². The van der Waals surface area contributed by atoms with E-state index in [1.165, 1.54) is 5.56 Å². The number of nitrogens with zero attached hydrogens (tertiary/aromatic N) is 1. The summed E-state index contributed by atoms with van der Waals surface area (Å²) in [5.41, 5.74) is 1.94. The van der Waals surface area contributed by atoms with Gasteiger partial charge in [0.25, 0.3) is 0 Å². The summed E-state index contributed by atoms with van der Waals surface area (Å²) in [4.78, 5) is 16.8. The van der Waals surface area contributed by atoms with E-state index >= 15 is 0 Å². The van der Waals surface area contributed by atoms with Gasteiger partial charge in [-0.2, -0.15) is 0 Å². The summed E-state index contributed by atoms with van der Waals surface area (Å²) in [6.07, 6.45) is 8.45. The van der Waals surface area contributed by atoms with E-state index in [1.807, 2.05) is 36.5 Å². The topological polar surface area (TPSA) is 42.0 Å². The molecule has 0 atom stereocenters. The zero-order valence-corrected chi connectivity index (χ0v) is 13.9. The summed E-state index contributed by atoms with van der Waals surface area (Å²) in [6, 6.07) is 11.7. The Bertz CT molecular complexity index is 651. The van der Waals surface area contributed by atoms with E-state index in [0.29, 0.717) is 11.6 Å². The molecule has 1 amide bonds. The molecule has 1 aromatic heterocycles. The van der Waals surface area contributed by atoms with E-state index in [2.05, 4.69) is 16.4 Å². The summed E-state index contributed by atoms with van der Waals surface area (Å²) < 4.78 is 0. The van der Waals surface area contributed by atoms with E-state index in [0.717, 1.165) is 37.7 Å². The lowest BCUT2D eigenvalue weighted by Crippen LogP contribution is -2.49. The van der Waals surface area contributed by atoms with Crippen LogP contribution in [0, 0.1) is 0 Å². The first kappa shape index (κ1) is 16.0. The van der Waals surface area contributed by atoms with Crippen LogP contribution in [0.25, 0.3) is 0 Å². The van der Waals surface area contributed by atoms with Crippen molar-refractivity contribution in [3.63, 3.8) is 0 Å². The first-order valence-corrected chi connectivity index (χ1v) is 8.52. The van der Waals surface area contributed by atoms with Gasteiger partial charge in [0.2, 0.25) is 5.91 Å². The van der Waals surface area contributed by atoms with Crippen molar-refractivity contribution in [2.24, 2.45) is 0 Å². The van der Waals surface area contributed by atoms with Crippen molar-refractivity contribution in [2.45, 2.75) is 37.5 Å². The number of aromatic nitrogens is 1. The van der Waals surface area contributed by atoms with E-state index in [9.17, 15) is 4.79 Å². The highest BCUT2D eigenvalue weighted by molar-refractivity contribution is 6.30. The molecule has 1 saturated carbocycles. The van der Waals surface area contributed by atoms with Crippen LogP contribution in [-0.2, 0) is 16.6 Å². The standard InChI is InChI=1S/C19H21ClN2O/c20-17-8-6-16(7-9-17)19(10-3-11-19)18(23)22-13-2-5-15-4-1-12-21-14-15/h1,4,6-9,12,14H,2-3,5,10-11,13H2,(H,22,23). The van der Waals surface area contributed by atoms with E-state index in [4.69, 9.17) is 11.6 Å². The zero-order chi connectivity index (χ0) is 16.1. The molecule has 1 aliphatic rings. The number of benzene rings is 1. The number of hydrogen-bond acceptors (Lipinski definition) is 2. The second-order valence-electron chi connectivity index (χ2n) is 6.16. The van der Waals surface area contributed by atoms with Crippen molar-refractivity contribution in [1.82, 2.24) is 10.3 Å². The van der Waals surface area contributed by atoms with Crippen LogP contribution in [0.15, 0.2) is 48.8 Å². The molecule has 1 N–H and O–H groups in total. The van der Waals surface area contributed by atoms with E-state index in [-0.39, 0.29) is 11.3 Å². The highest BCUT2D eigenvalue weighted by atomic mass is 35.5. The number of hydrogen-bond donors (Lipinski definition) is 1. The number of rotatable bonds is 6. The van der Waals surface area contributed by atoms with E-state index < -0.39 is 0 Å². The maximum atomic E-state index is 12.7. The number of aryl methyl sites for hydroxylation is 1. The van der Waals surface area contributed by atoms with Gasteiger partial charge in [0, 0.05) is 24.0 Å². The molecule has 0 unspecified atom stereocenters. The van der Waals surface area contributed by atoms with Gasteiger partial charge in [0.05, 0.1) is 5.41 Å². The number of nitrogens with one attached hydrogen (secondary N) is 1. The highest BCUT2D eigenvalue weighted by Gasteiger charge is 2.45. The number of carbonyl (C=O) groups is 1. The molecule has 3 rings (SSSR count). The molecule has 0 spiro atoms. The van der Waals surface area contributed by atoms with Gasteiger partial charge in [0.1, 0.15) is 0 Å². The minimum absolute atomic E-state index is 0.150. The Kier molecular flexibility index (Phi) is 4.97. The van der Waals surface area contributed by atoms with Crippen LogP contribution >= 0.6 is 11.6 Å². The van der Waals surface area contributed by atoms with Crippen molar-refractivity contribution < 1.29 is 4.79 Å². The molecule has 2 aromatic rings. The van der Waals surface area contributed by atoms with Gasteiger partial charge in [-0.25, -0.2) is 0 Å². The molecule has 1 heterocycles. The van der Waals surface area contributed by atoms with Crippen molar-refractivity contribution >= 4 is 17.5 Å². The van der Waals surface area contributed by atoms with E-state index in [1.54, 1.807) is 6.20 Å². The molecule has 4 heteroatoms. The average Bonchev–Trinajstić information content (AvgIpc) is 2.53. The number of amides is 1. The molecule has 0 saturated heterocycles. The average molecular weight is 329 g/mol. The molecular weight excluding hydrogens is 308 g/mol. The number of halogens is 1. The molecule has 23 heavy (non-hydrogen) atoms. The van der Waals surface area contributed by atoms with Crippen molar-refractivity contribution in [2.75, 3.05) is 6.54 Å². The van der Waals surface area contributed by atoms with Crippen LogP contribution in [0.5, 0.6) is 0 Å². The first-order chi connectivity index (χ1) is 11.2. The molecule has 1 aliphatic carbocycles. The Morgan fingerprint density at radius 1 is 1.22 bits per heavy atom. The second kappa shape index (κ2) is 7.14. The van der Waals surface area contributed by atoms with Gasteiger partial charge in [0.15, 0.2) is 0 Å². The van der Waals surface area contributed by atoms with Crippen LogP contribution in [-0.4, -0.2) is 17.4 Å². The first-order valence-electron chi connectivity index (χ1n) is 8.14. The smallest absolute Gasteiger partial charge is 0.230 e. The second-order valence-corrected chi connectivity index (χ2v) is 6.60. The van der Waals surface area contributed by atoms with Gasteiger partial charge < -0.3 is 5.32 Å². The highest BCUT2D eigenvalue weighted by Crippen LogP contribution is 2.44. The van der Waals surface area contributed by atoms with Crippen molar-refractivity contribution in [1.29, 1.82) is 0 Å². The Morgan fingerprint density at radius 2 is 2.00 bits per heavy atom. The molecule has 120 valence electrons. The molecule has 0 aliphatic heterocycles. The quantitative estimate of drug-likeness (QED) is 0.817. The Balaban J connectivity index is 1.55. The van der Waals surface area contributed by atoms with Gasteiger partial charge in [-0.15, -0.1) is 0 Å². The fourth-order valence-electron chi connectivity index (χ4n) is 3.16. The summed E-state index contributed by atoms with van der Waals surface area (Å²) in [5.74, 6) is 0.150. The third-order valence-electron chi connectivity index (χ3n) is 4.69. The minimum Gasteiger partial charge on any atom is -0.355 e. The molecule has 1 fully saturated rings. The summed E-state index contributed by atoms with van der Waals surface area (Å²) in [6.45, 7) is 0.697. The fourth-order valence-corrected chi connectivity index (χ4v) is 3.28. The summed E-state index contributed by atoms with van der Waals surface area (Å²) in [5, 5.41) is 3.82. The summed E-state index contributed by atoms with van der Waals surface area (Å²) in [7, 11) is 0. The van der Waals surface area contributed by atoms with Crippen LogP contribution in [0.2, 0.25) is 5.02 Å². The summed E-state index contributed by atoms with van der Waals surface area (Å²) >= 11 is 5.96. The minimum atomic E-state index is -0.348. The third-order valence-corrected chi connectivity index (χ3v) is 4.94. The number of carbonyl (C=O) groups excluding carboxylic acids is 1. The van der Waals surface area contributed by atoms with Gasteiger partial charge in [-0.05, 0) is 55.0 Å². The molecule has 1 aromatic carbocycles. The van der Waals surface area contributed by atoms with Gasteiger partial charge >= 0.3 is 0 Å². The molecule has 3 nitrogen and oxygen atoms in total. The largest absolute Gasteiger partial charge is 0.355 e. The molecule has 0 radical (unpaired) electrons. The molecule has 0 bridgehead atoms. The van der Waals surface area contributed by atoms with Crippen LogP contribution < -0.4 is 5.32 Å².